The highest BCUT2D eigenvalue weighted by atomic mass is 16.3. The van der Waals surface area contributed by atoms with Gasteiger partial charge in [0.2, 0.25) is 0 Å². The molecule has 0 aromatic heterocycles. The maximum absolute atomic E-state index is 10.9. The normalized spacial score (nSPS) is 23.2. The molecule has 0 spiro atoms. The van der Waals surface area contributed by atoms with Crippen molar-refractivity contribution in [2.75, 3.05) is 0 Å². The molecule has 0 saturated heterocycles. The summed E-state index contributed by atoms with van der Waals surface area (Å²) in [5, 5.41) is 10.9. The fourth-order valence-electron chi connectivity index (χ4n) is 3.73. The highest BCUT2D eigenvalue weighted by Crippen LogP contribution is 2.53. The molecule has 4 rings (SSSR count). The maximum atomic E-state index is 10.9. The van der Waals surface area contributed by atoms with Gasteiger partial charge in [-0.15, -0.1) is 0 Å². The number of rotatable bonds is 2. The Morgan fingerprint density at radius 2 is 1.05 bits per heavy atom. The Hall–Kier alpha value is -2.38. The Bertz CT molecular complexity index is 764. The zero-order valence-corrected chi connectivity index (χ0v) is 12.3. The van der Waals surface area contributed by atoms with Crippen LogP contribution >= 0.6 is 0 Å². The van der Waals surface area contributed by atoms with Crippen LogP contribution in [0.2, 0.25) is 0 Å². The molecule has 1 nitrogen and oxygen atoms in total. The van der Waals surface area contributed by atoms with Crippen molar-refractivity contribution in [3.8, 4) is 0 Å². The number of fused-ring (bicyclic) bond motifs is 1. The standard InChI is InChI=1S/C21H18O/c22-21-18-14-8-7-13-17(18)19(15-9-3-1-4-10-15)20(21)16-11-5-2-6-12-16/h1-14,19-22H/t19-,20+,21-/m0/s1. The van der Waals surface area contributed by atoms with E-state index in [2.05, 4.69) is 54.6 Å². The summed E-state index contributed by atoms with van der Waals surface area (Å²) in [4.78, 5) is 0. The second-order valence-corrected chi connectivity index (χ2v) is 5.90. The Balaban J connectivity index is 1.90. The van der Waals surface area contributed by atoms with Crippen molar-refractivity contribution in [1.29, 1.82) is 0 Å². The second-order valence-electron chi connectivity index (χ2n) is 5.90. The summed E-state index contributed by atoms with van der Waals surface area (Å²) in [6.07, 6.45) is -0.455. The van der Waals surface area contributed by atoms with Gasteiger partial charge in [0.25, 0.3) is 0 Å². The van der Waals surface area contributed by atoms with Crippen LogP contribution in [0.1, 0.15) is 40.2 Å². The third kappa shape index (κ3) is 2.06. The predicted molar refractivity (Wildman–Crippen MR) is 88.9 cm³/mol. The van der Waals surface area contributed by atoms with Gasteiger partial charge in [-0.05, 0) is 22.3 Å². The minimum Gasteiger partial charge on any atom is -0.388 e. The molecule has 3 aromatic carbocycles. The van der Waals surface area contributed by atoms with E-state index in [4.69, 9.17) is 0 Å². The van der Waals surface area contributed by atoms with E-state index >= 15 is 0 Å². The van der Waals surface area contributed by atoms with E-state index in [1.165, 1.54) is 16.7 Å². The molecule has 0 heterocycles. The zero-order chi connectivity index (χ0) is 14.9. The zero-order valence-electron chi connectivity index (χ0n) is 12.3. The molecule has 3 aromatic rings. The van der Waals surface area contributed by atoms with Crippen molar-refractivity contribution in [3.63, 3.8) is 0 Å². The van der Waals surface area contributed by atoms with Gasteiger partial charge in [0.15, 0.2) is 0 Å². The first-order chi connectivity index (χ1) is 10.9. The molecule has 0 saturated carbocycles. The largest absolute Gasteiger partial charge is 0.388 e. The van der Waals surface area contributed by atoms with Crippen molar-refractivity contribution in [3.05, 3.63) is 107 Å². The van der Waals surface area contributed by atoms with Crippen LogP contribution in [-0.4, -0.2) is 5.11 Å². The first kappa shape index (κ1) is 13.3. The number of benzene rings is 3. The molecule has 1 aliphatic rings. The summed E-state index contributed by atoms with van der Waals surface area (Å²) in [5.41, 5.74) is 4.76. The Morgan fingerprint density at radius 3 is 1.68 bits per heavy atom. The molecule has 108 valence electrons. The van der Waals surface area contributed by atoms with E-state index in [0.29, 0.717) is 0 Å². The molecule has 1 aliphatic carbocycles. The Labute approximate surface area is 130 Å². The van der Waals surface area contributed by atoms with E-state index in [1.807, 2.05) is 30.3 Å². The third-order valence-electron chi connectivity index (χ3n) is 4.69. The molecule has 0 fully saturated rings. The van der Waals surface area contributed by atoms with Gasteiger partial charge in [0.05, 0.1) is 6.10 Å². The Morgan fingerprint density at radius 1 is 0.545 bits per heavy atom. The average molecular weight is 286 g/mol. The number of aliphatic hydroxyl groups is 1. The summed E-state index contributed by atoms with van der Waals surface area (Å²) in [5.74, 6) is 0.274. The van der Waals surface area contributed by atoms with Crippen LogP contribution < -0.4 is 0 Å². The van der Waals surface area contributed by atoms with Gasteiger partial charge >= 0.3 is 0 Å². The van der Waals surface area contributed by atoms with Gasteiger partial charge in [-0.1, -0.05) is 84.9 Å². The molecule has 0 radical (unpaired) electrons. The SMILES string of the molecule is O[C@H]1c2ccccc2[C@H](c2ccccc2)[C@H]1c1ccccc1. The molecule has 0 aliphatic heterocycles. The fraction of sp³-hybridized carbons (Fsp3) is 0.143. The van der Waals surface area contributed by atoms with Crippen molar-refractivity contribution in [2.45, 2.75) is 17.9 Å². The molecule has 1 N–H and O–H groups in total. The van der Waals surface area contributed by atoms with Crippen molar-refractivity contribution >= 4 is 0 Å². The van der Waals surface area contributed by atoms with Crippen LogP contribution in [-0.2, 0) is 0 Å². The lowest BCUT2D eigenvalue weighted by Crippen LogP contribution is -2.11. The molecule has 1 heteroatoms. The topological polar surface area (TPSA) is 20.2 Å². The minimum atomic E-state index is -0.455. The summed E-state index contributed by atoms with van der Waals surface area (Å²) < 4.78 is 0. The van der Waals surface area contributed by atoms with Crippen molar-refractivity contribution in [1.82, 2.24) is 0 Å². The number of hydrogen-bond acceptors (Lipinski definition) is 1. The van der Waals surface area contributed by atoms with E-state index in [-0.39, 0.29) is 11.8 Å². The summed E-state index contributed by atoms with van der Waals surface area (Å²) in [7, 11) is 0. The molecule has 3 atom stereocenters. The van der Waals surface area contributed by atoms with Crippen LogP contribution in [0.25, 0.3) is 0 Å². The monoisotopic (exact) mass is 286 g/mol. The van der Waals surface area contributed by atoms with Gasteiger partial charge in [0, 0.05) is 11.8 Å². The van der Waals surface area contributed by atoms with Crippen LogP contribution in [0.3, 0.4) is 0 Å². The van der Waals surface area contributed by atoms with E-state index in [1.54, 1.807) is 0 Å². The second kappa shape index (κ2) is 5.43. The van der Waals surface area contributed by atoms with Gasteiger partial charge < -0.3 is 5.11 Å². The molecular weight excluding hydrogens is 268 g/mol. The minimum absolute atomic E-state index is 0.0704. The lowest BCUT2D eigenvalue weighted by atomic mass is 9.81. The summed E-state index contributed by atoms with van der Waals surface area (Å²) in [6.45, 7) is 0. The van der Waals surface area contributed by atoms with Crippen LogP contribution in [0.4, 0.5) is 0 Å². The van der Waals surface area contributed by atoms with Crippen LogP contribution in [0, 0.1) is 0 Å². The van der Waals surface area contributed by atoms with Crippen LogP contribution in [0.5, 0.6) is 0 Å². The first-order valence-corrected chi connectivity index (χ1v) is 7.73. The van der Waals surface area contributed by atoms with E-state index in [9.17, 15) is 5.11 Å². The average Bonchev–Trinajstić information content (AvgIpc) is 2.90. The van der Waals surface area contributed by atoms with Crippen molar-refractivity contribution < 1.29 is 5.11 Å². The fourth-order valence-corrected chi connectivity index (χ4v) is 3.73. The predicted octanol–water partition coefficient (Wildman–Crippen LogP) is 4.65. The lowest BCUT2D eigenvalue weighted by Gasteiger charge is -2.24. The summed E-state index contributed by atoms with van der Waals surface area (Å²) >= 11 is 0. The molecular formula is C21H18O. The van der Waals surface area contributed by atoms with Gasteiger partial charge in [-0.2, -0.15) is 0 Å². The summed E-state index contributed by atoms with van der Waals surface area (Å²) in [6, 6.07) is 29.2. The van der Waals surface area contributed by atoms with Gasteiger partial charge in [-0.3, -0.25) is 0 Å². The number of aliphatic hydroxyl groups excluding tert-OH is 1. The highest BCUT2D eigenvalue weighted by Gasteiger charge is 2.41. The number of hydrogen-bond donors (Lipinski definition) is 1. The van der Waals surface area contributed by atoms with E-state index < -0.39 is 6.10 Å². The lowest BCUT2D eigenvalue weighted by molar-refractivity contribution is 0.153. The Kier molecular flexibility index (Phi) is 3.28. The van der Waals surface area contributed by atoms with Crippen molar-refractivity contribution in [2.24, 2.45) is 0 Å². The third-order valence-corrected chi connectivity index (χ3v) is 4.69. The quantitative estimate of drug-likeness (QED) is 0.727. The maximum Gasteiger partial charge on any atom is 0.0870 e. The first-order valence-electron chi connectivity index (χ1n) is 7.73. The van der Waals surface area contributed by atoms with Gasteiger partial charge in [0.1, 0.15) is 0 Å². The molecule has 0 unspecified atom stereocenters. The highest BCUT2D eigenvalue weighted by molar-refractivity contribution is 5.49. The van der Waals surface area contributed by atoms with Gasteiger partial charge in [-0.25, -0.2) is 0 Å². The molecule has 0 bridgehead atoms. The molecule has 22 heavy (non-hydrogen) atoms. The van der Waals surface area contributed by atoms with E-state index in [0.717, 1.165) is 5.56 Å². The molecule has 0 amide bonds. The smallest absolute Gasteiger partial charge is 0.0870 e. The van der Waals surface area contributed by atoms with Crippen LogP contribution in [0.15, 0.2) is 84.9 Å².